The number of carbonyl (C=O) groups is 1. The van der Waals surface area contributed by atoms with E-state index in [1.54, 1.807) is 0 Å². The van der Waals surface area contributed by atoms with E-state index in [2.05, 4.69) is 12.2 Å². The number of nitrogens with one attached hydrogen (secondary N) is 1. The number of benzene rings is 1. The summed E-state index contributed by atoms with van der Waals surface area (Å²) in [6.45, 7) is 2.65. The highest BCUT2D eigenvalue weighted by Crippen LogP contribution is 2.26. The molecule has 1 aliphatic rings. The molecule has 1 unspecified atom stereocenters. The van der Waals surface area contributed by atoms with Crippen LogP contribution in [-0.4, -0.2) is 18.6 Å². The van der Waals surface area contributed by atoms with Crippen molar-refractivity contribution in [1.82, 2.24) is 0 Å². The zero-order valence-corrected chi connectivity index (χ0v) is 10.7. The smallest absolute Gasteiger partial charge is 0.224 e. The molecule has 98 valence electrons. The van der Waals surface area contributed by atoms with Crippen LogP contribution in [0.25, 0.3) is 0 Å². The highest BCUT2D eigenvalue weighted by Gasteiger charge is 2.15. The zero-order chi connectivity index (χ0) is 13.0. The molecular weight excluding hydrogens is 228 g/mol. The first-order valence-electron chi connectivity index (χ1n) is 6.50. The Labute approximate surface area is 108 Å². The molecule has 0 radical (unpaired) electrons. The Morgan fingerprint density at radius 3 is 3.06 bits per heavy atom. The van der Waals surface area contributed by atoms with Gasteiger partial charge in [-0.05, 0) is 36.6 Å². The van der Waals surface area contributed by atoms with Gasteiger partial charge in [-0.1, -0.05) is 13.3 Å². The normalized spacial score (nSPS) is 15.8. The van der Waals surface area contributed by atoms with Crippen molar-refractivity contribution in [3.05, 3.63) is 23.8 Å². The summed E-state index contributed by atoms with van der Waals surface area (Å²) in [5.74, 6) is 0.914. The molecule has 0 bridgehead atoms. The number of aryl methyl sites for hydroxylation is 1. The van der Waals surface area contributed by atoms with Crippen molar-refractivity contribution < 1.29 is 9.53 Å². The maximum atomic E-state index is 11.2. The summed E-state index contributed by atoms with van der Waals surface area (Å²) in [4.78, 5) is 11.2. The fraction of sp³-hybridized carbons (Fsp3) is 0.500. The van der Waals surface area contributed by atoms with Crippen LogP contribution >= 0.6 is 0 Å². The van der Waals surface area contributed by atoms with E-state index in [-0.39, 0.29) is 11.9 Å². The number of ether oxygens (including phenoxy) is 1. The Hall–Kier alpha value is -1.55. The minimum atomic E-state index is 0.0844. The molecule has 0 saturated heterocycles. The molecule has 1 aromatic carbocycles. The highest BCUT2D eigenvalue weighted by atomic mass is 16.5. The van der Waals surface area contributed by atoms with Crippen molar-refractivity contribution in [1.29, 1.82) is 0 Å². The Morgan fingerprint density at radius 2 is 2.28 bits per heavy atom. The second kappa shape index (κ2) is 5.87. The van der Waals surface area contributed by atoms with E-state index in [4.69, 9.17) is 10.5 Å². The van der Waals surface area contributed by atoms with Crippen molar-refractivity contribution in [3.8, 4) is 5.75 Å². The van der Waals surface area contributed by atoms with Gasteiger partial charge >= 0.3 is 0 Å². The maximum absolute atomic E-state index is 11.2. The summed E-state index contributed by atoms with van der Waals surface area (Å²) in [5, 5.41) is 2.85. The molecule has 0 aromatic heterocycles. The molecule has 0 fully saturated rings. The minimum absolute atomic E-state index is 0.0844. The zero-order valence-electron chi connectivity index (χ0n) is 10.7. The van der Waals surface area contributed by atoms with Gasteiger partial charge < -0.3 is 15.8 Å². The molecular formula is C14H20N2O2. The second-order valence-electron chi connectivity index (χ2n) is 4.73. The van der Waals surface area contributed by atoms with Crippen LogP contribution in [0.4, 0.5) is 5.69 Å². The van der Waals surface area contributed by atoms with Crippen LogP contribution in [-0.2, 0) is 11.2 Å². The number of carbonyl (C=O) groups excluding carboxylic acids is 1. The quantitative estimate of drug-likeness (QED) is 0.838. The van der Waals surface area contributed by atoms with Gasteiger partial charge in [0.25, 0.3) is 0 Å². The first-order chi connectivity index (χ1) is 8.69. The first kappa shape index (κ1) is 12.9. The minimum Gasteiger partial charge on any atom is -0.492 e. The predicted octanol–water partition coefficient (Wildman–Crippen LogP) is 2.08. The lowest BCUT2D eigenvalue weighted by Crippen LogP contribution is -2.27. The third kappa shape index (κ3) is 3.23. The molecule has 0 spiro atoms. The number of amides is 1. The van der Waals surface area contributed by atoms with Gasteiger partial charge in [0.2, 0.25) is 5.91 Å². The molecule has 0 saturated carbocycles. The largest absolute Gasteiger partial charge is 0.492 e. The fourth-order valence-corrected chi connectivity index (χ4v) is 2.11. The van der Waals surface area contributed by atoms with E-state index in [1.807, 2.05) is 18.2 Å². The number of hydrogen-bond acceptors (Lipinski definition) is 3. The molecule has 0 aliphatic carbocycles. The third-order valence-corrected chi connectivity index (χ3v) is 3.10. The Balaban J connectivity index is 1.97. The van der Waals surface area contributed by atoms with E-state index in [1.165, 1.54) is 0 Å². The summed E-state index contributed by atoms with van der Waals surface area (Å²) in [6.07, 6.45) is 3.37. The summed E-state index contributed by atoms with van der Waals surface area (Å²) in [7, 11) is 0. The Bertz CT molecular complexity index is 432. The predicted molar refractivity (Wildman–Crippen MR) is 71.8 cm³/mol. The van der Waals surface area contributed by atoms with Crippen molar-refractivity contribution in [2.24, 2.45) is 5.73 Å². The van der Waals surface area contributed by atoms with Gasteiger partial charge in [-0.15, -0.1) is 0 Å². The van der Waals surface area contributed by atoms with Crippen molar-refractivity contribution >= 4 is 11.6 Å². The van der Waals surface area contributed by atoms with Crippen molar-refractivity contribution in [2.75, 3.05) is 11.9 Å². The molecule has 1 heterocycles. The monoisotopic (exact) mass is 248 g/mol. The molecule has 4 nitrogen and oxygen atoms in total. The van der Waals surface area contributed by atoms with Gasteiger partial charge in [-0.2, -0.15) is 0 Å². The van der Waals surface area contributed by atoms with Crippen molar-refractivity contribution in [2.45, 2.75) is 38.6 Å². The van der Waals surface area contributed by atoms with Crippen LogP contribution in [0.15, 0.2) is 18.2 Å². The van der Waals surface area contributed by atoms with Gasteiger partial charge in [0.15, 0.2) is 0 Å². The van der Waals surface area contributed by atoms with Crippen LogP contribution in [0, 0.1) is 0 Å². The van der Waals surface area contributed by atoms with E-state index >= 15 is 0 Å². The first-order valence-corrected chi connectivity index (χ1v) is 6.50. The molecule has 1 aromatic rings. The summed E-state index contributed by atoms with van der Waals surface area (Å²) < 4.78 is 5.68. The maximum Gasteiger partial charge on any atom is 0.224 e. The van der Waals surface area contributed by atoms with Crippen LogP contribution < -0.4 is 15.8 Å². The van der Waals surface area contributed by atoms with Crippen LogP contribution in [0.5, 0.6) is 5.75 Å². The highest BCUT2D eigenvalue weighted by molar-refractivity contribution is 5.93. The van der Waals surface area contributed by atoms with Gasteiger partial charge in [-0.3, -0.25) is 4.79 Å². The summed E-state index contributed by atoms with van der Waals surface area (Å²) in [6, 6.07) is 5.86. The van der Waals surface area contributed by atoms with Crippen molar-refractivity contribution in [3.63, 3.8) is 0 Å². The fourth-order valence-electron chi connectivity index (χ4n) is 2.11. The van der Waals surface area contributed by atoms with Crippen LogP contribution in [0.2, 0.25) is 0 Å². The van der Waals surface area contributed by atoms with E-state index < -0.39 is 0 Å². The molecule has 1 atom stereocenters. The topological polar surface area (TPSA) is 64.3 Å². The molecule has 4 heteroatoms. The molecule has 1 amide bonds. The summed E-state index contributed by atoms with van der Waals surface area (Å²) >= 11 is 0. The average molecular weight is 248 g/mol. The van der Waals surface area contributed by atoms with Gasteiger partial charge in [0, 0.05) is 18.2 Å². The SMILES string of the molecule is CCCC(N)COc1ccc2c(c1)CCC(=O)N2. The molecule has 18 heavy (non-hydrogen) atoms. The number of nitrogens with two attached hydrogens (primary N) is 1. The van der Waals surface area contributed by atoms with E-state index in [0.717, 1.165) is 36.3 Å². The van der Waals surface area contributed by atoms with Gasteiger partial charge in [0.05, 0.1) is 0 Å². The van der Waals surface area contributed by atoms with E-state index in [9.17, 15) is 4.79 Å². The van der Waals surface area contributed by atoms with Crippen LogP contribution in [0.3, 0.4) is 0 Å². The number of hydrogen-bond donors (Lipinski definition) is 2. The van der Waals surface area contributed by atoms with Gasteiger partial charge in [-0.25, -0.2) is 0 Å². The summed E-state index contributed by atoms with van der Waals surface area (Å²) in [5.41, 5.74) is 7.94. The number of fused-ring (bicyclic) bond motifs is 1. The second-order valence-corrected chi connectivity index (χ2v) is 4.73. The lowest BCUT2D eigenvalue weighted by Gasteiger charge is -2.18. The lowest BCUT2D eigenvalue weighted by molar-refractivity contribution is -0.116. The number of anilines is 1. The van der Waals surface area contributed by atoms with Gasteiger partial charge in [0.1, 0.15) is 12.4 Å². The van der Waals surface area contributed by atoms with Crippen LogP contribution in [0.1, 0.15) is 31.7 Å². The Kier molecular flexibility index (Phi) is 4.20. The van der Waals surface area contributed by atoms with E-state index in [0.29, 0.717) is 13.0 Å². The third-order valence-electron chi connectivity index (χ3n) is 3.10. The Morgan fingerprint density at radius 1 is 1.44 bits per heavy atom. The average Bonchev–Trinajstić information content (AvgIpc) is 2.36. The number of rotatable bonds is 5. The lowest BCUT2D eigenvalue weighted by atomic mass is 10.0. The molecule has 2 rings (SSSR count). The standard InChI is InChI=1S/C14H20N2O2/c1-2-3-11(15)9-18-12-5-6-13-10(8-12)4-7-14(17)16-13/h5-6,8,11H,2-4,7,9,15H2,1H3,(H,16,17). The molecule has 1 aliphatic heterocycles. The molecule has 3 N–H and O–H groups in total.